The third-order valence-electron chi connectivity index (χ3n) is 5.05. The van der Waals surface area contributed by atoms with E-state index in [-0.39, 0.29) is 23.7 Å². The summed E-state index contributed by atoms with van der Waals surface area (Å²) in [6.07, 6.45) is -0.930. The molecule has 0 aliphatic rings. The van der Waals surface area contributed by atoms with Gasteiger partial charge < -0.3 is 4.74 Å². The number of methoxy groups -OCH3 is 1. The minimum atomic E-state index is -4.38. The van der Waals surface area contributed by atoms with Crippen LogP contribution in [0.15, 0.2) is 72.8 Å². The highest BCUT2D eigenvalue weighted by molar-refractivity contribution is 5.97. The van der Waals surface area contributed by atoms with Crippen molar-refractivity contribution in [2.24, 2.45) is 5.92 Å². The van der Waals surface area contributed by atoms with Crippen molar-refractivity contribution < 1.29 is 27.1 Å². The molecule has 2 nitrogen and oxygen atoms in total. The molecule has 0 fully saturated rings. The van der Waals surface area contributed by atoms with Crippen LogP contribution in [0.3, 0.4) is 0 Å². The van der Waals surface area contributed by atoms with Crippen molar-refractivity contribution in [2.45, 2.75) is 19.5 Å². The summed E-state index contributed by atoms with van der Waals surface area (Å²) in [6, 6.07) is 16.4. The second-order valence-electron chi connectivity index (χ2n) is 7.51. The van der Waals surface area contributed by atoms with E-state index in [2.05, 4.69) is 0 Å². The molecule has 0 saturated carbocycles. The van der Waals surface area contributed by atoms with Crippen molar-refractivity contribution in [1.82, 2.24) is 0 Å². The van der Waals surface area contributed by atoms with Crippen molar-refractivity contribution >= 4 is 11.9 Å². The fraction of sp³-hybridized carbons (Fsp3) is 0.192. The summed E-state index contributed by atoms with van der Waals surface area (Å²) in [5.41, 5.74) is 1.42. The third kappa shape index (κ3) is 5.84. The standard InChI is InChI=1S/C26H22F4O2/c1-17(3-4-18-5-10-21(11-6-18)26(28,29)30)15-25(31)23-16-20(9-14-24(23)27)19-7-12-22(32-2)13-8-19/h3-14,16-17H,15H2,1-2H3/b4-3+. The van der Waals surface area contributed by atoms with Crippen LogP contribution in [-0.2, 0) is 6.18 Å². The molecule has 3 aromatic rings. The maximum atomic E-state index is 14.3. The molecule has 166 valence electrons. The lowest BCUT2D eigenvalue weighted by molar-refractivity contribution is -0.137. The number of rotatable bonds is 7. The Balaban J connectivity index is 1.70. The number of ketones is 1. The summed E-state index contributed by atoms with van der Waals surface area (Å²) >= 11 is 0. The van der Waals surface area contributed by atoms with E-state index in [4.69, 9.17) is 4.74 Å². The highest BCUT2D eigenvalue weighted by atomic mass is 19.4. The van der Waals surface area contributed by atoms with Gasteiger partial charge in [0, 0.05) is 6.42 Å². The summed E-state index contributed by atoms with van der Waals surface area (Å²) in [7, 11) is 1.57. The van der Waals surface area contributed by atoms with E-state index in [1.807, 2.05) is 12.1 Å². The molecule has 1 atom stereocenters. The normalized spacial score (nSPS) is 12.7. The first kappa shape index (κ1) is 23.3. The van der Waals surface area contributed by atoms with Crippen LogP contribution < -0.4 is 4.74 Å². The number of hydrogen-bond acceptors (Lipinski definition) is 2. The smallest absolute Gasteiger partial charge is 0.416 e. The van der Waals surface area contributed by atoms with E-state index in [0.29, 0.717) is 16.9 Å². The van der Waals surface area contributed by atoms with Gasteiger partial charge in [0.05, 0.1) is 18.2 Å². The van der Waals surface area contributed by atoms with Crippen LogP contribution in [0, 0.1) is 11.7 Å². The Morgan fingerprint density at radius 1 is 0.969 bits per heavy atom. The Hall–Kier alpha value is -3.41. The van der Waals surface area contributed by atoms with Gasteiger partial charge in [-0.1, -0.05) is 49.4 Å². The number of allylic oxidation sites excluding steroid dienone is 1. The molecule has 0 aliphatic heterocycles. The Morgan fingerprint density at radius 2 is 1.59 bits per heavy atom. The Morgan fingerprint density at radius 3 is 2.19 bits per heavy atom. The monoisotopic (exact) mass is 442 g/mol. The van der Waals surface area contributed by atoms with Gasteiger partial charge >= 0.3 is 6.18 Å². The summed E-state index contributed by atoms with van der Waals surface area (Å²) in [5, 5.41) is 0. The molecule has 0 saturated heterocycles. The summed E-state index contributed by atoms with van der Waals surface area (Å²) in [4.78, 5) is 12.7. The number of Topliss-reactive ketones (excluding diaryl/α,β-unsaturated/α-hetero) is 1. The molecule has 0 aliphatic carbocycles. The van der Waals surface area contributed by atoms with Gasteiger partial charge in [0.15, 0.2) is 5.78 Å². The zero-order chi connectivity index (χ0) is 23.3. The average Bonchev–Trinajstić information content (AvgIpc) is 2.77. The summed E-state index contributed by atoms with van der Waals surface area (Å²) < 4.78 is 57.4. The lowest BCUT2D eigenvalue weighted by atomic mass is 9.95. The maximum Gasteiger partial charge on any atom is 0.416 e. The van der Waals surface area contributed by atoms with Crippen LogP contribution in [0.4, 0.5) is 17.6 Å². The first-order valence-electron chi connectivity index (χ1n) is 10.00. The van der Waals surface area contributed by atoms with Crippen LogP contribution >= 0.6 is 0 Å². The number of alkyl halides is 3. The first-order valence-corrected chi connectivity index (χ1v) is 10.00. The SMILES string of the molecule is COc1ccc(-c2ccc(F)c(C(=O)CC(C)/C=C/c3ccc(C(F)(F)F)cc3)c2)cc1. The Bertz CT molecular complexity index is 1100. The van der Waals surface area contributed by atoms with Crippen LogP contribution in [0.25, 0.3) is 17.2 Å². The van der Waals surface area contributed by atoms with Gasteiger partial charge in [0.25, 0.3) is 0 Å². The van der Waals surface area contributed by atoms with Gasteiger partial charge in [0.1, 0.15) is 11.6 Å². The van der Waals surface area contributed by atoms with Crippen molar-refractivity contribution in [1.29, 1.82) is 0 Å². The van der Waals surface area contributed by atoms with Crippen molar-refractivity contribution in [3.05, 3.63) is 95.3 Å². The van der Waals surface area contributed by atoms with Gasteiger partial charge in [0.2, 0.25) is 0 Å². The molecule has 32 heavy (non-hydrogen) atoms. The second-order valence-corrected chi connectivity index (χ2v) is 7.51. The number of carbonyl (C=O) groups is 1. The highest BCUT2D eigenvalue weighted by Gasteiger charge is 2.29. The van der Waals surface area contributed by atoms with Crippen molar-refractivity contribution in [3.63, 3.8) is 0 Å². The third-order valence-corrected chi connectivity index (χ3v) is 5.05. The summed E-state index contributed by atoms with van der Waals surface area (Å²) in [6.45, 7) is 1.80. The molecule has 0 heterocycles. The van der Waals surface area contributed by atoms with Gasteiger partial charge in [-0.05, 0) is 59.0 Å². The first-order chi connectivity index (χ1) is 15.2. The number of ether oxygens (including phenoxy) is 1. The Kier molecular flexibility index (Phi) is 7.13. The molecule has 0 aromatic heterocycles. The van der Waals surface area contributed by atoms with Crippen molar-refractivity contribution in [3.8, 4) is 16.9 Å². The molecule has 6 heteroatoms. The van der Waals surface area contributed by atoms with Gasteiger partial charge in [-0.25, -0.2) is 4.39 Å². The minimum absolute atomic E-state index is 0.00750. The number of hydrogen-bond donors (Lipinski definition) is 0. The minimum Gasteiger partial charge on any atom is -0.497 e. The fourth-order valence-electron chi connectivity index (χ4n) is 3.23. The molecular weight excluding hydrogens is 420 g/mol. The van der Waals surface area contributed by atoms with Crippen LogP contribution in [0.5, 0.6) is 5.75 Å². The molecule has 0 bridgehead atoms. The van der Waals surface area contributed by atoms with E-state index in [1.165, 1.54) is 24.3 Å². The molecule has 1 unspecified atom stereocenters. The zero-order valence-corrected chi connectivity index (χ0v) is 17.6. The molecule has 3 rings (SSSR count). The van der Waals surface area contributed by atoms with E-state index in [1.54, 1.807) is 44.4 Å². The predicted octanol–water partition coefficient (Wildman–Crippen LogP) is 7.44. The van der Waals surface area contributed by atoms with Crippen LogP contribution in [0.1, 0.15) is 34.8 Å². The number of benzene rings is 3. The molecule has 0 spiro atoms. The lowest BCUT2D eigenvalue weighted by Gasteiger charge is -2.10. The highest BCUT2D eigenvalue weighted by Crippen LogP contribution is 2.29. The summed E-state index contributed by atoms with van der Waals surface area (Å²) in [5.74, 6) is -0.469. The second kappa shape index (κ2) is 9.81. The molecular formula is C26H22F4O2. The number of carbonyl (C=O) groups excluding carboxylic acids is 1. The molecule has 3 aromatic carbocycles. The van der Waals surface area contributed by atoms with Crippen LogP contribution in [0.2, 0.25) is 0 Å². The van der Waals surface area contributed by atoms with E-state index >= 15 is 0 Å². The largest absolute Gasteiger partial charge is 0.497 e. The topological polar surface area (TPSA) is 26.3 Å². The Labute approximate surface area is 184 Å². The fourth-order valence-corrected chi connectivity index (χ4v) is 3.23. The molecule has 0 amide bonds. The maximum absolute atomic E-state index is 14.3. The van der Waals surface area contributed by atoms with E-state index in [0.717, 1.165) is 17.7 Å². The van der Waals surface area contributed by atoms with E-state index < -0.39 is 17.6 Å². The van der Waals surface area contributed by atoms with Crippen molar-refractivity contribution in [2.75, 3.05) is 7.11 Å². The lowest BCUT2D eigenvalue weighted by Crippen LogP contribution is -2.07. The number of halogens is 4. The predicted molar refractivity (Wildman–Crippen MR) is 117 cm³/mol. The average molecular weight is 442 g/mol. The van der Waals surface area contributed by atoms with Gasteiger partial charge in [-0.15, -0.1) is 0 Å². The zero-order valence-electron chi connectivity index (χ0n) is 17.6. The quantitative estimate of drug-likeness (QED) is 0.281. The van der Waals surface area contributed by atoms with Crippen LogP contribution in [-0.4, -0.2) is 12.9 Å². The molecule has 0 N–H and O–H groups in total. The van der Waals surface area contributed by atoms with Gasteiger partial charge in [-0.3, -0.25) is 4.79 Å². The van der Waals surface area contributed by atoms with E-state index in [9.17, 15) is 22.4 Å². The van der Waals surface area contributed by atoms with Gasteiger partial charge in [-0.2, -0.15) is 13.2 Å². The molecule has 0 radical (unpaired) electrons.